The average molecular weight is 494 g/mol. The Hall–Kier alpha value is -3.72. The molecular weight excluding hydrogens is 466 g/mol. The lowest BCUT2D eigenvalue weighted by molar-refractivity contribution is -0.137. The summed E-state index contributed by atoms with van der Waals surface area (Å²) >= 11 is 1.15. The molecule has 3 N–H and O–H groups in total. The number of hydrogen-bond donors (Lipinski definition) is 3. The first-order chi connectivity index (χ1) is 17.0. The van der Waals surface area contributed by atoms with Crippen molar-refractivity contribution in [2.24, 2.45) is 0 Å². The molecule has 0 radical (unpaired) electrons. The normalized spacial score (nSPS) is 12.9. The molecule has 0 saturated heterocycles. The summed E-state index contributed by atoms with van der Waals surface area (Å²) in [5, 5.41) is 15.0. The lowest BCUT2D eigenvalue weighted by atomic mass is 9.98. The number of nitrogens with zero attached hydrogens (tertiary/aromatic N) is 1. The minimum Gasteiger partial charge on any atom is -0.481 e. The number of fused-ring (bicyclic) bond motifs is 3. The summed E-state index contributed by atoms with van der Waals surface area (Å²) in [6.45, 7) is 2.27. The number of nitrogens with one attached hydrogen (secondary N) is 2. The number of carboxylic acids is 1. The molecule has 1 aliphatic carbocycles. The third-order valence-electron chi connectivity index (χ3n) is 5.90. The van der Waals surface area contributed by atoms with E-state index in [2.05, 4.69) is 39.9 Å². The summed E-state index contributed by atoms with van der Waals surface area (Å²) in [6, 6.07) is 15.8. The van der Waals surface area contributed by atoms with Crippen LogP contribution in [0.1, 0.15) is 57.9 Å². The first-order valence-electron chi connectivity index (χ1n) is 11.5. The number of carbonyl (C=O) groups is 3. The van der Waals surface area contributed by atoms with Crippen molar-refractivity contribution in [2.75, 3.05) is 6.61 Å². The fourth-order valence-corrected chi connectivity index (χ4v) is 5.10. The number of ether oxygens (including phenoxy) is 1. The highest BCUT2D eigenvalue weighted by atomic mass is 32.1. The molecule has 2 aromatic carbocycles. The highest BCUT2D eigenvalue weighted by Gasteiger charge is 2.29. The fourth-order valence-electron chi connectivity index (χ4n) is 4.34. The van der Waals surface area contributed by atoms with Crippen LogP contribution in [0.5, 0.6) is 0 Å². The van der Waals surface area contributed by atoms with E-state index < -0.39 is 18.1 Å². The monoisotopic (exact) mass is 493 g/mol. The van der Waals surface area contributed by atoms with Crippen molar-refractivity contribution in [1.29, 1.82) is 0 Å². The molecule has 1 aliphatic rings. The second-order valence-electron chi connectivity index (χ2n) is 8.35. The van der Waals surface area contributed by atoms with E-state index in [1.807, 2.05) is 31.2 Å². The standard InChI is InChI=1S/C26H27N3O5S/c1-2-7-16(12-24(30)31)29-25(32)22-13-27-23(35-22)14-28-26(33)34-15-21-19-10-5-3-8-17(19)18-9-4-6-11-20(18)21/h3-6,8-11,13,16,21H,2,7,12,14-15H2,1H3,(H,28,33)(H,29,32)(H,30,31)/t16-/m0/s1. The van der Waals surface area contributed by atoms with Gasteiger partial charge >= 0.3 is 12.1 Å². The molecule has 182 valence electrons. The largest absolute Gasteiger partial charge is 0.481 e. The summed E-state index contributed by atoms with van der Waals surface area (Å²) in [4.78, 5) is 40.4. The predicted molar refractivity (Wildman–Crippen MR) is 132 cm³/mol. The number of carboxylic acid groups (broad SMARTS) is 1. The van der Waals surface area contributed by atoms with Crippen LogP contribution in [0.25, 0.3) is 11.1 Å². The number of carbonyl (C=O) groups excluding carboxylic acids is 2. The molecule has 1 atom stereocenters. The smallest absolute Gasteiger partial charge is 0.407 e. The van der Waals surface area contributed by atoms with E-state index in [0.717, 1.165) is 40.0 Å². The van der Waals surface area contributed by atoms with E-state index in [9.17, 15) is 14.4 Å². The van der Waals surface area contributed by atoms with E-state index in [4.69, 9.17) is 9.84 Å². The number of thiazole rings is 1. The summed E-state index contributed by atoms with van der Waals surface area (Å²) in [6.07, 6.45) is 2.08. The molecule has 0 spiro atoms. The maximum atomic E-state index is 12.5. The molecule has 8 nitrogen and oxygen atoms in total. The number of rotatable bonds is 10. The molecule has 2 amide bonds. The molecule has 0 bridgehead atoms. The number of aromatic nitrogens is 1. The lowest BCUT2D eigenvalue weighted by Crippen LogP contribution is -2.36. The van der Waals surface area contributed by atoms with Gasteiger partial charge in [-0.15, -0.1) is 11.3 Å². The van der Waals surface area contributed by atoms with Gasteiger partial charge in [0.15, 0.2) is 0 Å². The zero-order valence-electron chi connectivity index (χ0n) is 19.3. The number of benzene rings is 2. The van der Waals surface area contributed by atoms with Gasteiger partial charge in [-0.05, 0) is 28.7 Å². The van der Waals surface area contributed by atoms with E-state index in [1.165, 1.54) is 6.20 Å². The Morgan fingerprint density at radius 1 is 1.09 bits per heavy atom. The highest BCUT2D eigenvalue weighted by molar-refractivity contribution is 7.13. The van der Waals surface area contributed by atoms with Crippen LogP contribution in [0, 0.1) is 0 Å². The van der Waals surface area contributed by atoms with Crippen molar-refractivity contribution in [1.82, 2.24) is 15.6 Å². The molecule has 0 unspecified atom stereocenters. The highest BCUT2D eigenvalue weighted by Crippen LogP contribution is 2.44. The van der Waals surface area contributed by atoms with E-state index in [-0.39, 0.29) is 31.4 Å². The third-order valence-corrected chi connectivity index (χ3v) is 6.89. The van der Waals surface area contributed by atoms with Crippen molar-refractivity contribution in [2.45, 2.75) is 44.7 Å². The van der Waals surface area contributed by atoms with Gasteiger partial charge in [-0.25, -0.2) is 9.78 Å². The Balaban J connectivity index is 1.29. The first kappa shape index (κ1) is 24.4. The molecule has 0 aliphatic heterocycles. The Morgan fingerprint density at radius 3 is 2.37 bits per heavy atom. The Labute approximate surface area is 207 Å². The van der Waals surface area contributed by atoms with Crippen LogP contribution in [0.2, 0.25) is 0 Å². The van der Waals surface area contributed by atoms with E-state index in [1.54, 1.807) is 0 Å². The van der Waals surface area contributed by atoms with Crippen LogP contribution in [0.15, 0.2) is 54.7 Å². The van der Waals surface area contributed by atoms with Crippen LogP contribution in [-0.2, 0) is 16.1 Å². The van der Waals surface area contributed by atoms with Crippen LogP contribution in [0.4, 0.5) is 4.79 Å². The number of hydrogen-bond acceptors (Lipinski definition) is 6. The average Bonchev–Trinajstić information content (AvgIpc) is 3.44. The van der Waals surface area contributed by atoms with Crippen LogP contribution >= 0.6 is 11.3 Å². The Morgan fingerprint density at radius 2 is 1.74 bits per heavy atom. The third kappa shape index (κ3) is 5.86. The number of aliphatic carboxylic acids is 1. The van der Waals surface area contributed by atoms with Crippen LogP contribution in [0.3, 0.4) is 0 Å². The van der Waals surface area contributed by atoms with Gasteiger partial charge < -0.3 is 20.5 Å². The van der Waals surface area contributed by atoms with Crippen molar-refractivity contribution in [3.8, 4) is 11.1 Å². The molecule has 3 aromatic rings. The van der Waals surface area contributed by atoms with Crippen molar-refractivity contribution in [3.05, 3.63) is 75.7 Å². The molecule has 9 heteroatoms. The van der Waals surface area contributed by atoms with Gasteiger partial charge in [-0.3, -0.25) is 9.59 Å². The predicted octanol–water partition coefficient (Wildman–Crippen LogP) is 4.56. The molecule has 1 heterocycles. The summed E-state index contributed by atoms with van der Waals surface area (Å²) in [7, 11) is 0. The van der Waals surface area contributed by atoms with Gasteiger partial charge in [0.1, 0.15) is 16.5 Å². The van der Waals surface area contributed by atoms with Crippen LogP contribution < -0.4 is 10.6 Å². The van der Waals surface area contributed by atoms with E-state index in [0.29, 0.717) is 16.3 Å². The molecule has 35 heavy (non-hydrogen) atoms. The Bertz CT molecular complexity index is 1180. The quantitative estimate of drug-likeness (QED) is 0.381. The summed E-state index contributed by atoms with van der Waals surface area (Å²) in [5.41, 5.74) is 4.60. The lowest BCUT2D eigenvalue weighted by Gasteiger charge is -2.15. The maximum Gasteiger partial charge on any atom is 0.407 e. The van der Waals surface area contributed by atoms with Gasteiger partial charge in [0.05, 0.1) is 19.2 Å². The van der Waals surface area contributed by atoms with Gasteiger partial charge in [0.25, 0.3) is 5.91 Å². The molecule has 1 aromatic heterocycles. The topological polar surface area (TPSA) is 118 Å². The molecule has 4 rings (SSSR count). The van der Waals surface area contributed by atoms with Gasteiger partial charge in [-0.1, -0.05) is 61.9 Å². The SMILES string of the molecule is CCC[C@@H](CC(=O)O)NC(=O)c1cnc(CNC(=O)OCC2c3ccccc3-c3ccccc32)s1. The van der Waals surface area contributed by atoms with E-state index >= 15 is 0 Å². The maximum absolute atomic E-state index is 12.5. The van der Waals surface area contributed by atoms with Gasteiger partial charge in [0, 0.05) is 12.0 Å². The summed E-state index contributed by atoms with van der Waals surface area (Å²) in [5.74, 6) is -1.35. The van der Waals surface area contributed by atoms with Gasteiger partial charge in [-0.2, -0.15) is 0 Å². The zero-order chi connectivity index (χ0) is 24.8. The minimum atomic E-state index is -0.957. The van der Waals surface area contributed by atoms with Crippen LogP contribution in [-0.4, -0.2) is 40.7 Å². The zero-order valence-corrected chi connectivity index (χ0v) is 20.1. The van der Waals surface area contributed by atoms with Crippen molar-refractivity contribution in [3.63, 3.8) is 0 Å². The Kier molecular flexibility index (Phi) is 7.77. The fraction of sp³-hybridized carbons (Fsp3) is 0.308. The summed E-state index contributed by atoms with van der Waals surface area (Å²) < 4.78 is 5.52. The molecule has 0 fully saturated rings. The minimum absolute atomic E-state index is 0.0230. The second kappa shape index (κ2) is 11.1. The number of alkyl carbamates (subject to hydrolysis) is 1. The van der Waals surface area contributed by atoms with Crippen molar-refractivity contribution >= 4 is 29.3 Å². The second-order valence-corrected chi connectivity index (χ2v) is 9.47. The molecular formula is C26H27N3O5S. The first-order valence-corrected chi connectivity index (χ1v) is 12.3. The van der Waals surface area contributed by atoms with Crippen molar-refractivity contribution < 1.29 is 24.2 Å². The number of amides is 2. The van der Waals surface area contributed by atoms with Gasteiger partial charge in [0.2, 0.25) is 0 Å². The molecule has 0 saturated carbocycles.